The Hall–Kier alpha value is -2.13. The highest BCUT2D eigenvalue weighted by Crippen LogP contribution is 2.35. The van der Waals surface area contributed by atoms with Gasteiger partial charge in [-0.15, -0.1) is 0 Å². The quantitative estimate of drug-likeness (QED) is 0.656. The molecule has 0 amide bonds. The van der Waals surface area contributed by atoms with Gasteiger partial charge >= 0.3 is 0 Å². The molecule has 0 radical (unpaired) electrons. The number of nitrogens with zero attached hydrogens (tertiary/aromatic N) is 2. The normalized spacial score (nSPS) is 25.1. The molecule has 6 heteroatoms. The lowest BCUT2D eigenvalue weighted by Gasteiger charge is -2.40. The van der Waals surface area contributed by atoms with E-state index >= 15 is 0 Å². The SMILES string of the molecule is CC1CCCC(CO)(Nc2ccc([N+](=O)[O-])c(C#N)c2)C1. The van der Waals surface area contributed by atoms with Crippen molar-refractivity contribution in [1.29, 1.82) is 5.26 Å². The summed E-state index contributed by atoms with van der Waals surface area (Å²) in [6, 6.07) is 6.26. The second kappa shape index (κ2) is 6.10. The van der Waals surface area contributed by atoms with Gasteiger partial charge in [0.25, 0.3) is 5.69 Å². The molecule has 1 fully saturated rings. The molecule has 112 valence electrons. The summed E-state index contributed by atoms with van der Waals surface area (Å²) in [4.78, 5) is 10.3. The first-order valence-electron chi connectivity index (χ1n) is 7.07. The van der Waals surface area contributed by atoms with Crippen molar-refractivity contribution in [2.24, 2.45) is 5.92 Å². The zero-order valence-corrected chi connectivity index (χ0v) is 12.0. The largest absolute Gasteiger partial charge is 0.394 e. The van der Waals surface area contributed by atoms with E-state index in [0.29, 0.717) is 11.6 Å². The minimum atomic E-state index is -0.563. The van der Waals surface area contributed by atoms with Crippen LogP contribution in [0.2, 0.25) is 0 Å². The van der Waals surface area contributed by atoms with Crippen LogP contribution in [0, 0.1) is 27.4 Å². The Morgan fingerprint density at radius 3 is 2.95 bits per heavy atom. The number of hydrogen-bond donors (Lipinski definition) is 2. The lowest BCUT2D eigenvalue weighted by molar-refractivity contribution is -0.385. The number of aliphatic hydroxyl groups excluding tert-OH is 1. The summed E-state index contributed by atoms with van der Waals surface area (Å²) in [7, 11) is 0. The van der Waals surface area contributed by atoms with Crippen molar-refractivity contribution in [3.8, 4) is 6.07 Å². The van der Waals surface area contributed by atoms with Gasteiger partial charge in [0.15, 0.2) is 0 Å². The van der Waals surface area contributed by atoms with Gasteiger partial charge in [0.1, 0.15) is 11.6 Å². The van der Waals surface area contributed by atoms with Crippen LogP contribution in [0.25, 0.3) is 0 Å². The van der Waals surface area contributed by atoms with Crippen molar-refractivity contribution in [2.75, 3.05) is 11.9 Å². The van der Waals surface area contributed by atoms with E-state index in [2.05, 4.69) is 12.2 Å². The molecule has 2 atom stereocenters. The van der Waals surface area contributed by atoms with Gasteiger partial charge in [-0.25, -0.2) is 0 Å². The van der Waals surface area contributed by atoms with E-state index < -0.39 is 10.5 Å². The van der Waals surface area contributed by atoms with Crippen LogP contribution in [0.1, 0.15) is 38.2 Å². The van der Waals surface area contributed by atoms with Crippen molar-refractivity contribution in [3.05, 3.63) is 33.9 Å². The van der Waals surface area contributed by atoms with E-state index in [-0.39, 0.29) is 17.9 Å². The molecule has 0 aromatic heterocycles. The lowest BCUT2D eigenvalue weighted by Crippen LogP contribution is -2.45. The Labute approximate surface area is 123 Å². The molecule has 0 aliphatic heterocycles. The van der Waals surface area contributed by atoms with Gasteiger partial charge in [0, 0.05) is 11.8 Å². The zero-order chi connectivity index (χ0) is 15.5. The van der Waals surface area contributed by atoms with E-state index in [1.807, 2.05) is 6.07 Å². The highest BCUT2D eigenvalue weighted by atomic mass is 16.6. The first-order chi connectivity index (χ1) is 9.99. The third-order valence-corrected chi connectivity index (χ3v) is 4.12. The van der Waals surface area contributed by atoms with Crippen LogP contribution >= 0.6 is 0 Å². The lowest BCUT2D eigenvalue weighted by atomic mass is 9.76. The standard InChI is InChI=1S/C15H19N3O3/c1-11-3-2-6-15(8-11,10-19)17-13-4-5-14(18(20)21)12(7-13)9-16/h4-5,7,11,17,19H,2-3,6,8,10H2,1H3. The maximum absolute atomic E-state index is 10.8. The average Bonchev–Trinajstić information content (AvgIpc) is 2.46. The Bertz CT molecular complexity index is 582. The molecule has 1 aromatic rings. The second-order valence-electron chi connectivity index (χ2n) is 5.87. The molecule has 2 rings (SSSR count). The predicted octanol–water partition coefficient (Wildman–Crippen LogP) is 2.82. The van der Waals surface area contributed by atoms with E-state index in [1.54, 1.807) is 6.07 Å². The van der Waals surface area contributed by atoms with Crippen LogP contribution in [0.3, 0.4) is 0 Å². The molecule has 21 heavy (non-hydrogen) atoms. The highest BCUT2D eigenvalue weighted by molar-refractivity contribution is 5.59. The van der Waals surface area contributed by atoms with Crippen LogP contribution < -0.4 is 5.32 Å². The number of anilines is 1. The van der Waals surface area contributed by atoms with Crippen molar-refractivity contribution in [1.82, 2.24) is 0 Å². The van der Waals surface area contributed by atoms with Gasteiger partial charge in [-0.3, -0.25) is 10.1 Å². The minimum Gasteiger partial charge on any atom is -0.394 e. The summed E-state index contributed by atoms with van der Waals surface area (Å²) in [6.07, 6.45) is 3.88. The fourth-order valence-corrected chi connectivity index (χ4v) is 3.13. The van der Waals surface area contributed by atoms with Gasteiger partial charge in [-0.1, -0.05) is 19.8 Å². The molecule has 0 spiro atoms. The molecule has 2 N–H and O–H groups in total. The van der Waals surface area contributed by atoms with Crippen LogP contribution in [-0.4, -0.2) is 22.2 Å². The molecule has 1 saturated carbocycles. The highest BCUT2D eigenvalue weighted by Gasteiger charge is 2.34. The van der Waals surface area contributed by atoms with Gasteiger partial charge in [-0.05, 0) is 30.9 Å². The van der Waals surface area contributed by atoms with Crippen LogP contribution in [0.15, 0.2) is 18.2 Å². The molecular formula is C15H19N3O3. The molecule has 0 bridgehead atoms. The van der Waals surface area contributed by atoms with Gasteiger partial charge in [-0.2, -0.15) is 5.26 Å². The van der Waals surface area contributed by atoms with Crippen LogP contribution in [0.5, 0.6) is 0 Å². The second-order valence-corrected chi connectivity index (χ2v) is 5.87. The fourth-order valence-electron chi connectivity index (χ4n) is 3.13. The van der Waals surface area contributed by atoms with Gasteiger partial charge in [0.2, 0.25) is 0 Å². The maximum atomic E-state index is 10.8. The Kier molecular flexibility index (Phi) is 4.43. The molecule has 2 unspecified atom stereocenters. The smallest absolute Gasteiger partial charge is 0.287 e. The van der Waals surface area contributed by atoms with Gasteiger partial charge in [0.05, 0.1) is 17.1 Å². The number of aliphatic hydroxyl groups is 1. The summed E-state index contributed by atoms with van der Waals surface area (Å²) in [6.45, 7) is 2.16. The maximum Gasteiger partial charge on any atom is 0.287 e. The molecule has 0 heterocycles. The van der Waals surface area contributed by atoms with Gasteiger partial charge < -0.3 is 10.4 Å². The summed E-state index contributed by atoms with van der Waals surface area (Å²) in [5.41, 5.74) is 0.0703. The summed E-state index contributed by atoms with van der Waals surface area (Å²) < 4.78 is 0. The first kappa shape index (κ1) is 15.3. The van der Waals surface area contributed by atoms with Crippen LogP contribution in [-0.2, 0) is 0 Å². The summed E-state index contributed by atoms with van der Waals surface area (Å²) in [5, 5.41) is 32.9. The summed E-state index contributed by atoms with van der Waals surface area (Å²) in [5.74, 6) is 0.520. The van der Waals surface area contributed by atoms with E-state index in [9.17, 15) is 15.2 Å². The topological polar surface area (TPSA) is 99.2 Å². The number of nitrogens with one attached hydrogen (secondary N) is 1. The molecular weight excluding hydrogens is 270 g/mol. The first-order valence-corrected chi connectivity index (χ1v) is 7.07. The van der Waals surface area contributed by atoms with Crippen molar-refractivity contribution >= 4 is 11.4 Å². The molecule has 0 saturated heterocycles. The van der Waals surface area contributed by atoms with E-state index in [0.717, 1.165) is 25.7 Å². The third-order valence-electron chi connectivity index (χ3n) is 4.12. The Morgan fingerprint density at radius 1 is 1.62 bits per heavy atom. The van der Waals surface area contributed by atoms with Crippen molar-refractivity contribution in [2.45, 2.75) is 38.1 Å². The molecule has 1 aliphatic carbocycles. The number of hydrogen-bond acceptors (Lipinski definition) is 5. The number of nitro groups is 1. The Balaban J connectivity index is 2.26. The Morgan fingerprint density at radius 2 is 2.38 bits per heavy atom. The number of nitro benzene ring substituents is 1. The molecule has 1 aliphatic rings. The third kappa shape index (κ3) is 3.31. The summed E-state index contributed by atoms with van der Waals surface area (Å²) >= 11 is 0. The number of rotatable bonds is 4. The monoisotopic (exact) mass is 289 g/mol. The van der Waals surface area contributed by atoms with E-state index in [4.69, 9.17) is 5.26 Å². The number of benzene rings is 1. The molecule has 6 nitrogen and oxygen atoms in total. The minimum absolute atomic E-state index is 0.0101. The fraction of sp³-hybridized carbons (Fsp3) is 0.533. The van der Waals surface area contributed by atoms with Crippen molar-refractivity contribution in [3.63, 3.8) is 0 Å². The number of nitriles is 1. The molecule has 1 aromatic carbocycles. The predicted molar refractivity (Wildman–Crippen MR) is 78.9 cm³/mol. The van der Waals surface area contributed by atoms with Crippen molar-refractivity contribution < 1.29 is 10.0 Å². The average molecular weight is 289 g/mol. The van der Waals surface area contributed by atoms with Crippen LogP contribution in [0.4, 0.5) is 11.4 Å². The zero-order valence-electron chi connectivity index (χ0n) is 12.0. The van der Waals surface area contributed by atoms with E-state index in [1.165, 1.54) is 12.1 Å².